The quantitative estimate of drug-likeness (QED) is 0.879. The summed E-state index contributed by atoms with van der Waals surface area (Å²) in [5, 5.41) is 11.2. The number of aliphatic hydroxyl groups is 1. The van der Waals surface area contributed by atoms with Crippen LogP contribution in [0, 0.1) is 0 Å². The molecule has 2 aromatic rings. The van der Waals surface area contributed by atoms with Crippen LogP contribution in [-0.2, 0) is 17.8 Å². The Morgan fingerprint density at radius 1 is 1.45 bits per heavy atom. The number of fused-ring (bicyclic) bond motifs is 3. The summed E-state index contributed by atoms with van der Waals surface area (Å²) in [5.74, 6) is 0.0484. The van der Waals surface area contributed by atoms with E-state index in [1.165, 1.54) is 0 Å². The van der Waals surface area contributed by atoms with E-state index in [9.17, 15) is 4.79 Å². The van der Waals surface area contributed by atoms with Crippen molar-refractivity contribution < 1.29 is 9.90 Å². The molecule has 6 heteroatoms. The number of halogens is 2. The molecule has 2 heterocycles. The van der Waals surface area contributed by atoms with Gasteiger partial charge in [-0.3, -0.25) is 4.79 Å². The maximum atomic E-state index is 11.8. The molecule has 0 bridgehead atoms. The van der Waals surface area contributed by atoms with E-state index in [2.05, 4.69) is 18.8 Å². The molecule has 1 amide bonds. The van der Waals surface area contributed by atoms with E-state index < -0.39 is 6.61 Å². The summed E-state index contributed by atoms with van der Waals surface area (Å²) < 4.78 is 0. The van der Waals surface area contributed by atoms with E-state index in [0.29, 0.717) is 29.1 Å². The van der Waals surface area contributed by atoms with Crippen LogP contribution in [-0.4, -0.2) is 34.0 Å². The predicted molar refractivity (Wildman–Crippen MR) is 88.6 cm³/mol. The van der Waals surface area contributed by atoms with Gasteiger partial charge in [0, 0.05) is 36.2 Å². The molecule has 0 fully saturated rings. The Labute approximate surface area is 139 Å². The fourth-order valence-corrected chi connectivity index (χ4v) is 3.55. The number of carbonyl (C=O) groups excluding carboxylic acids is 1. The number of nitrogens with one attached hydrogen (secondary N) is 1. The SMILES string of the molecule is CC(C)c1cc(Cl)c(Cl)c2[nH]c3c(c12)CN(C(=O)CO)CC3. The Balaban J connectivity index is 2.21. The minimum Gasteiger partial charge on any atom is -0.387 e. The molecule has 22 heavy (non-hydrogen) atoms. The molecular formula is C16H18Cl2N2O2. The Morgan fingerprint density at radius 2 is 2.18 bits per heavy atom. The number of aromatic amines is 1. The first-order chi connectivity index (χ1) is 10.4. The number of aliphatic hydroxyl groups excluding tert-OH is 1. The number of amides is 1. The van der Waals surface area contributed by atoms with Crippen molar-refractivity contribution in [2.45, 2.75) is 32.7 Å². The monoisotopic (exact) mass is 340 g/mol. The molecule has 0 atom stereocenters. The molecule has 0 radical (unpaired) electrons. The first-order valence-corrected chi connectivity index (χ1v) is 8.09. The molecule has 4 nitrogen and oxygen atoms in total. The van der Waals surface area contributed by atoms with Crippen LogP contribution in [0.1, 0.15) is 36.6 Å². The highest BCUT2D eigenvalue weighted by Gasteiger charge is 2.26. The Kier molecular flexibility index (Phi) is 4.10. The van der Waals surface area contributed by atoms with Gasteiger partial charge in [0.2, 0.25) is 5.91 Å². The molecule has 0 unspecified atom stereocenters. The lowest BCUT2D eigenvalue weighted by atomic mass is 9.94. The highest BCUT2D eigenvalue weighted by Crippen LogP contribution is 2.40. The van der Waals surface area contributed by atoms with E-state index in [1.54, 1.807) is 4.90 Å². The summed E-state index contributed by atoms with van der Waals surface area (Å²) in [6.07, 6.45) is 0.723. The number of hydrogen-bond donors (Lipinski definition) is 2. The lowest BCUT2D eigenvalue weighted by Crippen LogP contribution is -2.37. The molecule has 1 aliphatic rings. The molecule has 3 rings (SSSR count). The van der Waals surface area contributed by atoms with Crippen LogP contribution in [0.5, 0.6) is 0 Å². The summed E-state index contributed by atoms with van der Waals surface area (Å²) >= 11 is 12.6. The zero-order chi connectivity index (χ0) is 16.0. The van der Waals surface area contributed by atoms with E-state index in [4.69, 9.17) is 28.3 Å². The maximum absolute atomic E-state index is 11.8. The van der Waals surface area contributed by atoms with Gasteiger partial charge in [0.25, 0.3) is 0 Å². The van der Waals surface area contributed by atoms with Gasteiger partial charge < -0.3 is 15.0 Å². The normalized spacial score (nSPS) is 14.7. The molecule has 1 aliphatic heterocycles. The second-order valence-corrected chi connectivity index (χ2v) is 6.76. The third-order valence-corrected chi connectivity index (χ3v) is 5.07. The van der Waals surface area contributed by atoms with Crippen molar-refractivity contribution in [3.63, 3.8) is 0 Å². The Hall–Kier alpha value is -1.23. The second-order valence-electron chi connectivity index (χ2n) is 5.97. The lowest BCUT2D eigenvalue weighted by molar-refractivity contribution is -0.135. The summed E-state index contributed by atoms with van der Waals surface area (Å²) in [7, 11) is 0. The summed E-state index contributed by atoms with van der Waals surface area (Å²) in [5.41, 5.74) is 4.16. The first kappa shape index (κ1) is 15.7. The fourth-order valence-electron chi connectivity index (χ4n) is 3.14. The van der Waals surface area contributed by atoms with Gasteiger partial charge in [-0.15, -0.1) is 0 Å². The number of H-pyrrole nitrogens is 1. The van der Waals surface area contributed by atoms with Gasteiger partial charge in [0.15, 0.2) is 0 Å². The first-order valence-electron chi connectivity index (χ1n) is 7.34. The number of rotatable bonds is 2. The largest absolute Gasteiger partial charge is 0.387 e. The van der Waals surface area contributed by atoms with Gasteiger partial charge in [-0.05, 0) is 17.5 Å². The lowest BCUT2D eigenvalue weighted by Gasteiger charge is -2.27. The fraction of sp³-hybridized carbons (Fsp3) is 0.438. The van der Waals surface area contributed by atoms with Gasteiger partial charge in [0.05, 0.1) is 15.6 Å². The Bertz CT molecular complexity index is 752. The third kappa shape index (κ3) is 2.39. The van der Waals surface area contributed by atoms with Crippen molar-refractivity contribution in [3.05, 3.63) is 32.9 Å². The van der Waals surface area contributed by atoms with Crippen LogP contribution in [0.25, 0.3) is 10.9 Å². The van der Waals surface area contributed by atoms with Gasteiger partial charge in [-0.2, -0.15) is 0 Å². The maximum Gasteiger partial charge on any atom is 0.248 e. The molecule has 2 N–H and O–H groups in total. The number of hydrogen-bond acceptors (Lipinski definition) is 2. The molecule has 118 valence electrons. The highest BCUT2D eigenvalue weighted by atomic mass is 35.5. The molecule has 0 saturated heterocycles. The zero-order valence-corrected chi connectivity index (χ0v) is 14.1. The van der Waals surface area contributed by atoms with Crippen LogP contribution in [0.15, 0.2) is 6.07 Å². The average Bonchev–Trinajstić information content (AvgIpc) is 2.88. The van der Waals surface area contributed by atoms with Crippen molar-refractivity contribution in [1.82, 2.24) is 9.88 Å². The Morgan fingerprint density at radius 3 is 2.82 bits per heavy atom. The number of benzene rings is 1. The molecule has 1 aromatic heterocycles. The topological polar surface area (TPSA) is 56.3 Å². The molecule has 0 saturated carbocycles. The zero-order valence-electron chi connectivity index (χ0n) is 12.5. The molecule has 0 aliphatic carbocycles. The molecule has 1 aromatic carbocycles. The second kappa shape index (κ2) is 5.76. The van der Waals surface area contributed by atoms with E-state index in [1.807, 2.05) is 6.07 Å². The standard InChI is InChI=1S/C16H18Cl2N2O2/c1-8(2)9-5-11(17)15(18)16-14(9)10-6-20(13(22)7-21)4-3-12(10)19-16/h5,8,19,21H,3-4,6-7H2,1-2H3. The predicted octanol–water partition coefficient (Wildman–Crippen LogP) is 3.48. The smallest absolute Gasteiger partial charge is 0.248 e. The highest BCUT2D eigenvalue weighted by molar-refractivity contribution is 6.45. The van der Waals surface area contributed by atoms with Crippen molar-refractivity contribution >= 4 is 40.0 Å². The summed E-state index contributed by atoms with van der Waals surface area (Å²) in [4.78, 5) is 16.9. The summed E-state index contributed by atoms with van der Waals surface area (Å²) in [6.45, 7) is 4.85. The van der Waals surface area contributed by atoms with Crippen molar-refractivity contribution in [3.8, 4) is 0 Å². The van der Waals surface area contributed by atoms with Crippen LogP contribution >= 0.6 is 23.2 Å². The number of carbonyl (C=O) groups is 1. The van der Waals surface area contributed by atoms with Crippen LogP contribution in [0.4, 0.5) is 0 Å². The molecule has 0 spiro atoms. The minimum atomic E-state index is -0.457. The summed E-state index contributed by atoms with van der Waals surface area (Å²) in [6, 6.07) is 1.91. The van der Waals surface area contributed by atoms with Gasteiger partial charge in [-0.25, -0.2) is 0 Å². The van der Waals surface area contributed by atoms with E-state index >= 15 is 0 Å². The van der Waals surface area contributed by atoms with Crippen LogP contribution < -0.4 is 0 Å². The van der Waals surface area contributed by atoms with Crippen molar-refractivity contribution in [1.29, 1.82) is 0 Å². The van der Waals surface area contributed by atoms with E-state index in [0.717, 1.165) is 34.1 Å². The van der Waals surface area contributed by atoms with Crippen molar-refractivity contribution in [2.24, 2.45) is 0 Å². The van der Waals surface area contributed by atoms with Gasteiger partial charge in [0.1, 0.15) is 6.61 Å². The third-order valence-electron chi connectivity index (χ3n) is 4.28. The van der Waals surface area contributed by atoms with Crippen molar-refractivity contribution in [2.75, 3.05) is 13.2 Å². The van der Waals surface area contributed by atoms with Gasteiger partial charge >= 0.3 is 0 Å². The minimum absolute atomic E-state index is 0.244. The van der Waals surface area contributed by atoms with Gasteiger partial charge in [-0.1, -0.05) is 37.0 Å². The molecular weight excluding hydrogens is 323 g/mol. The van der Waals surface area contributed by atoms with Crippen LogP contribution in [0.3, 0.4) is 0 Å². The van der Waals surface area contributed by atoms with E-state index in [-0.39, 0.29) is 5.91 Å². The number of aromatic nitrogens is 1. The number of nitrogens with zero attached hydrogens (tertiary/aromatic N) is 1. The average molecular weight is 341 g/mol. The van der Waals surface area contributed by atoms with Crippen LogP contribution in [0.2, 0.25) is 10.0 Å².